The Morgan fingerprint density at radius 1 is 1.45 bits per heavy atom. The summed E-state index contributed by atoms with van der Waals surface area (Å²) in [6, 6.07) is 5.03. The van der Waals surface area contributed by atoms with Crippen LogP contribution in [-0.2, 0) is 12.6 Å². The number of hydrogen-bond acceptors (Lipinski definition) is 2. The minimum Gasteiger partial charge on any atom is -0.779 e. The molecule has 0 amide bonds. The second-order valence-corrected chi connectivity index (χ2v) is 2.62. The molecule has 1 aromatic carbocycles. The fraction of sp³-hybridized carbons (Fsp3) is 0. The van der Waals surface area contributed by atoms with Crippen LogP contribution in [0.1, 0.15) is 10.4 Å². The van der Waals surface area contributed by atoms with Gasteiger partial charge in [0.15, 0.2) is 0 Å². The summed E-state index contributed by atoms with van der Waals surface area (Å²) in [5.41, 5.74) is 0.402. The second kappa shape index (κ2) is 5.12. The van der Waals surface area contributed by atoms with Gasteiger partial charge in [-0.05, 0) is 6.07 Å². The molecule has 0 aliphatic carbocycles. The van der Waals surface area contributed by atoms with Crippen LogP contribution in [-0.4, -0.2) is 6.29 Å². The first-order valence-corrected chi connectivity index (χ1v) is 3.45. The summed E-state index contributed by atoms with van der Waals surface area (Å²) in [5.74, 6) is 0. The zero-order valence-electron chi connectivity index (χ0n) is 6.00. The molecule has 0 unspecified atom stereocenters. The number of hydrogen-bond donors (Lipinski definition) is 0. The summed E-state index contributed by atoms with van der Waals surface area (Å²) in [5, 5.41) is 0.419. The van der Waals surface area contributed by atoms with Crippen molar-refractivity contribution in [3.8, 4) is 0 Å². The predicted octanol–water partition coefficient (Wildman–Crippen LogP) is -0.938. The van der Waals surface area contributed by atoms with Crippen molar-refractivity contribution in [2.75, 3.05) is 0 Å². The van der Waals surface area contributed by atoms with Crippen molar-refractivity contribution in [2.45, 2.75) is 4.90 Å². The summed E-state index contributed by atoms with van der Waals surface area (Å²) in [6.07, 6.45) is 0.671. The van der Waals surface area contributed by atoms with E-state index >= 15 is 0 Å². The molecule has 1 nitrogen and oxygen atoms in total. The molecule has 4 heteroatoms. The van der Waals surface area contributed by atoms with Crippen molar-refractivity contribution >= 4 is 30.5 Å². The minimum atomic E-state index is 0. The van der Waals surface area contributed by atoms with Crippen LogP contribution in [0.2, 0.25) is 5.02 Å². The first-order chi connectivity index (χ1) is 4.75. The van der Waals surface area contributed by atoms with E-state index in [1.807, 2.05) is 0 Å². The van der Waals surface area contributed by atoms with Crippen molar-refractivity contribution in [1.82, 2.24) is 0 Å². The minimum absolute atomic E-state index is 0. The molecule has 52 valence electrons. The molecule has 1 rings (SSSR count). The van der Waals surface area contributed by atoms with Gasteiger partial charge in [-0.25, -0.2) is 0 Å². The number of benzene rings is 1. The standard InChI is InChI=1S/C7H5ClOS.Na/c8-6-2-1-3-7(10)5(6)4-9;/h1-4,10H;/q;+1/p-1. The van der Waals surface area contributed by atoms with Crippen LogP contribution in [0.25, 0.3) is 0 Å². The third-order valence-electron chi connectivity index (χ3n) is 1.13. The van der Waals surface area contributed by atoms with Crippen LogP contribution >= 0.6 is 11.6 Å². The smallest absolute Gasteiger partial charge is 0.779 e. The van der Waals surface area contributed by atoms with Crippen molar-refractivity contribution in [3.63, 3.8) is 0 Å². The predicted molar refractivity (Wildman–Crippen MR) is 42.5 cm³/mol. The van der Waals surface area contributed by atoms with E-state index in [1.165, 1.54) is 0 Å². The van der Waals surface area contributed by atoms with E-state index in [4.69, 9.17) is 24.2 Å². The van der Waals surface area contributed by atoms with Crippen molar-refractivity contribution in [2.24, 2.45) is 0 Å². The van der Waals surface area contributed by atoms with E-state index in [-0.39, 0.29) is 29.6 Å². The Kier molecular flexibility index (Phi) is 5.30. The summed E-state index contributed by atoms with van der Waals surface area (Å²) in [6.45, 7) is 0. The van der Waals surface area contributed by atoms with Crippen LogP contribution in [0, 0.1) is 0 Å². The molecule has 0 spiro atoms. The first kappa shape index (κ1) is 11.4. The molecular weight excluding hydrogens is 191 g/mol. The average Bonchev–Trinajstić information content (AvgIpc) is 1.88. The number of aldehydes is 1. The van der Waals surface area contributed by atoms with Crippen molar-refractivity contribution in [3.05, 3.63) is 28.8 Å². The summed E-state index contributed by atoms with van der Waals surface area (Å²) < 4.78 is 0. The van der Waals surface area contributed by atoms with Crippen LogP contribution in [0.3, 0.4) is 0 Å². The molecule has 0 aliphatic rings. The van der Waals surface area contributed by atoms with Gasteiger partial charge < -0.3 is 12.6 Å². The van der Waals surface area contributed by atoms with Gasteiger partial charge >= 0.3 is 29.6 Å². The molecule has 0 heterocycles. The zero-order chi connectivity index (χ0) is 7.56. The van der Waals surface area contributed by atoms with Gasteiger partial charge in [-0.2, -0.15) is 4.90 Å². The Hall–Kier alpha value is 0.400. The molecule has 1 aromatic rings. The molecule has 0 saturated carbocycles. The van der Waals surface area contributed by atoms with Gasteiger partial charge in [0.25, 0.3) is 0 Å². The van der Waals surface area contributed by atoms with E-state index < -0.39 is 0 Å². The zero-order valence-corrected chi connectivity index (χ0v) is 9.58. The Bertz CT molecular complexity index is 244. The fourth-order valence-corrected chi connectivity index (χ4v) is 1.14. The van der Waals surface area contributed by atoms with Gasteiger partial charge in [-0.15, -0.1) is 0 Å². The van der Waals surface area contributed by atoms with E-state index in [9.17, 15) is 4.79 Å². The van der Waals surface area contributed by atoms with Gasteiger partial charge in [0, 0.05) is 10.6 Å². The number of halogens is 1. The third-order valence-corrected chi connectivity index (χ3v) is 1.82. The molecular formula is C7H4ClNaOS. The van der Waals surface area contributed by atoms with Crippen LogP contribution in [0.15, 0.2) is 23.1 Å². The SMILES string of the molecule is O=Cc1c([S-])cccc1Cl.[Na+]. The van der Waals surface area contributed by atoms with Crippen LogP contribution in [0.5, 0.6) is 0 Å². The van der Waals surface area contributed by atoms with Gasteiger partial charge in [0.2, 0.25) is 0 Å². The van der Waals surface area contributed by atoms with E-state index in [0.29, 0.717) is 21.8 Å². The van der Waals surface area contributed by atoms with Crippen molar-refractivity contribution in [1.29, 1.82) is 0 Å². The normalized spacial score (nSPS) is 8.45. The van der Waals surface area contributed by atoms with Crippen LogP contribution in [0.4, 0.5) is 0 Å². The fourth-order valence-electron chi connectivity index (χ4n) is 0.632. The second-order valence-electron chi connectivity index (χ2n) is 1.77. The van der Waals surface area contributed by atoms with E-state index in [0.717, 1.165) is 0 Å². The van der Waals surface area contributed by atoms with Crippen molar-refractivity contribution < 1.29 is 34.4 Å². The summed E-state index contributed by atoms with van der Waals surface area (Å²) in [4.78, 5) is 10.8. The topological polar surface area (TPSA) is 17.1 Å². The molecule has 0 bridgehead atoms. The maximum absolute atomic E-state index is 10.3. The van der Waals surface area contributed by atoms with Gasteiger partial charge in [-0.1, -0.05) is 23.7 Å². The Balaban J connectivity index is 0.000001000. The first-order valence-electron chi connectivity index (χ1n) is 2.66. The van der Waals surface area contributed by atoms with Crippen LogP contribution < -0.4 is 29.6 Å². The van der Waals surface area contributed by atoms with E-state index in [2.05, 4.69) is 0 Å². The molecule has 0 saturated heterocycles. The maximum Gasteiger partial charge on any atom is 1.00 e. The van der Waals surface area contributed by atoms with E-state index in [1.54, 1.807) is 18.2 Å². The number of carbonyl (C=O) groups is 1. The Morgan fingerprint density at radius 3 is 2.45 bits per heavy atom. The molecule has 0 aromatic heterocycles. The largest absolute Gasteiger partial charge is 1.00 e. The van der Waals surface area contributed by atoms with Gasteiger partial charge in [0.1, 0.15) is 6.29 Å². The number of rotatable bonds is 1. The third kappa shape index (κ3) is 2.73. The molecule has 0 aliphatic heterocycles. The molecule has 0 fully saturated rings. The summed E-state index contributed by atoms with van der Waals surface area (Å²) in [7, 11) is 0. The van der Waals surface area contributed by atoms with Gasteiger partial charge in [0.05, 0.1) is 0 Å². The molecule has 0 radical (unpaired) electrons. The molecule has 11 heavy (non-hydrogen) atoms. The maximum atomic E-state index is 10.3. The molecule has 0 atom stereocenters. The summed E-state index contributed by atoms with van der Waals surface area (Å²) >= 11 is 10.5. The Labute approximate surface area is 97.8 Å². The van der Waals surface area contributed by atoms with Gasteiger partial charge in [-0.3, -0.25) is 4.79 Å². The average molecular weight is 195 g/mol. The monoisotopic (exact) mass is 194 g/mol. The quantitative estimate of drug-likeness (QED) is 0.326. The molecule has 0 N–H and O–H groups in total. The number of carbonyl (C=O) groups excluding carboxylic acids is 1. The Morgan fingerprint density at radius 2 is 2.09 bits per heavy atom.